The lowest BCUT2D eigenvalue weighted by atomic mass is 10.1. The summed E-state index contributed by atoms with van der Waals surface area (Å²) in [6, 6.07) is 13.2. The van der Waals surface area contributed by atoms with Crippen LogP contribution in [0.15, 0.2) is 46.8 Å². The molecule has 8 heteroatoms. The van der Waals surface area contributed by atoms with Gasteiger partial charge in [-0.1, -0.05) is 40.8 Å². The molecule has 0 bridgehead atoms. The zero-order valence-electron chi connectivity index (χ0n) is 15.1. The number of amides is 1. The summed E-state index contributed by atoms with van der Waals surface area (Å²) >= 11 is 8.66. The van der Waals surface area contributed by atoms with E-state index in [0.717, 1.165) is 10.0 Å². The molecule has 0 saturated carbocycles. The summed E-state index contributed by atoms with van der Waals surface area (Å²) in [6.45, 7) is 5.99. The predicted molar refractivity (Wildman–Crippen MR) is 115 cm³/mol. The summed E-state index contributed by atoms with van der Waals surface area (Å²) in [5, 5.41) is 15.5. The van der Waals surface area contributed by atoms with Crippen LogP contribution in [0.5, 0.6) is 0 Å². The average Bonchev–Trinajstić information content (AvgIpc) is 3.07. The Morgan fingerprint density at radius 1 is 1.07 bits per heavy atom. The summed E-state index contributed by atoms with van der Waals surface area (Å²) in [5.74, 6) is -0.0961. The number of hydrogen-bond acceptors (Lipinski definition) is 6. The second kappa shape index (κ2) is 8.73. The number of anilines is 3. The Balaban J connectivity index is 1.58. The molecule has 2 aromatic carbocycles. The van der Waals surface area contributed by atoms with Crippen LogP contribution in [0.1, 0.15) is 18.1 Å². The highest BCUT2D eigenvalue weighted by Gasteiger charge is 2.17. The number of hydrogen-bond donors (Lipinski definition) is 2. The molecule has 1 amide bonds. The van der Waals surface area contributed by atoms with Gasteiger partial charge in [0.05, 0.1) is 5.25 Å². The first-order valence-corrected chi connectivity index (χ1v) is 10.4. The zero-order valence-corrected chi connectivity index (χ0v) is 17.5. The first kappa shape index (κ1) is 19.7. The molecule has 0 fully saturated rings. The van der Waals surface area contributed by atoms with Crippen LogP contribution in [0.4, 0.5) is 16.5 Å². The minimum Gasteiger partial charge on any atom is -0.330 e. The molecule has 1 atom stereocenters. The van der Waals surface area contributed by atoms with Gasteiger partial charge in [0.2, 0.25) is 11.0 Å². The second-order valence-corrected chi connectivity index (χ2v) is 9.06. The van der Waals surface area contributed by atoms with Crippen LogP contribution in [0.25, 0.3) is 0 Å². The highest BCUT2D eigenvalue weighted by Crippen LogP contribution is 2.31. The Labute approximate surface area is 171 Å². The topological polar surface area (TPSA) is 66.9 Å². The molecule has 0 saturated heterocycles. The van der Waals surface area contributed by atoms with Crippen LogP contribution in [0.3, 0.4) is 0 Å². The predicted octanol–water partition coefficient (Wildman–Crippen LogP) is 5.67. The Morgan fingerprint density at radius 3 is 2.48 bits per heavy atom. The van der Waals surface area contributed by atoms with Gasteiger partial charge in [-0.05, 0) is 68.3 Å². The van der Waals surface area contributed by atoms with Crippen molar-refractivity contribution in [3.05, 3.63) is 58.6 Å². The highest BCUT2D eigenvalue weighted by molar-refractivity contribution is 8.02. The lowest BCUT2D eigenvalue weighted by Gasteiger charge is -2.10. The van der Waals surface area contributed by atoms with Gasteiger partial charge < -0.3 is 10.6 Å². The standard InChI is InChI=1S/C19H19ClN4OS2/c1-11-4-7-16(10-12(11)2)22-18-23-24-19(27-18)26-13(3)17(25)21-15-8-5-14(20)6-9-15/h4-10,13H,1-3H3,(H,21,25)(H,22,23)/t13-/m1/s1. The third-order valence-electron chi connectivity index (χ3n) is 3.92. The molecule has 0 spiro atoms. The number of aromatic nitrogens is 2. The molecule has 0 aliphatic rings. The molecule has 1 aromatic heterocycles. The number of carbonyl (C=O) groups is 1. The minimum atomic E-state index is -0.303. The molecule has 1 heterocycles. The number of benzene rings is 2. The maximum Gasteiger partial charge on any atom is 0.237 e. The smallest absolute Gasteiger partial charge is 0.237 e. The van der Waals surface area contributed by atoms with Crippen LogP contribution in [-0.2, 0) is 4.79 Å². The van der Waals surface area contributed by atoms with Crippen molar-refractivity contribution in [3.63, 3.8) is 0 Å². The second-order valence-electron chi connectivity index (χ2n) is 6.05. The van der Waals surface area contributed by atoms with Gasteiger partial charge >= 0.3 is 0 Å². The lowest BCUT2D eigenvalue weighted by Crippen LogP contribution is -2.22. The Kier molecular flexibility index (Phi) is 6.36. The van der Waals surface area contributed by atoms with E-state index in [1.54, 1.807) is 24.3 Å². The summed E-state index contributed by atoms with van der Waals surface area (Å²) < 4.78 is 0.736. The maximum absolute atomic E-state index is 12.3. The van der Waals surface area contributed by atoms with Gasteiger partial charge in [0.15, 0.2) is 4.34 Å². The normalized spacial score (nSPS) is 11.9. The molecular weight excluding hydrogens is 400 g/mol. The van der Waals surface area contributed by atoms with Crippen molar-refractivity contribution >= 4 is 57.1 Å². The minimum absolute atomic E-state index is 0.0961. The van der Waals surface area contributed by atoms with Crippen molar-refractivity contribution in [2.45, 2.75) is 30.4 Å². The first-order chi connectivity index (χ1) is 12.9. The van der Waals surface area contributed by atoms with Crippen LogP contribution >= 0.6 is 34.7 Å². The number of rotatable bonds is 6. The van der Waals surface area contributed by atoms with Gasteiger partial charge in [-0.15, -0.1) is 10.2 Å². The molecule has 3 aromatic rings. The molecule has 3 rings (SSSR count). The molecule has 0 aliphatic heterocycles. The number of halogens is 1. The Morgan fingerprint density at radius 2 is 1.78 bits per heavy atom. The van der Waals surface area contributed by atoms with Crippen molar-refractivity contribution in [1.82, 2.24) is 10.2 Å². The van der Waals surface area contributed by atoms with E-state index in [4.69, 9.17) is 11.6 Å². The van der Waals surface area contributed by atoms with Crippen LogP contribution in [0.2, 0.25) is 5.02 Å². The molecule has 5 nitrogen and oxygen atoms in total. The van der Waals surface area contributed by atoms with E-state index in [9.17, 15) is 4.79 Å². The molecule has 27 heavy (non-hydrogen) atoms. The largest absolute Gasteiger partial charge is 0.330 e. The number of aryl methyl sites for hydroxylation is 2. The molecular formula is C19H19ClN4OS2. The third kappa shape index (κ3) is 5.45. The van der Waals surface area contributed by atoms with E-state index in [2.05, 4.69) is 46.8 Å². The van der Waals surface area contributed by atoms with Gasteiger partial charge in [-0.2, -0.15) is 0 Å². The van der Waals surface area contributed by atoms with Gasteiger partial charge in [0.25, 0.3) is 0 Å². The van der Waals surface area contributed by atoms with Gasteiger partial charge in [0.1, 0.15) is 0 Å². The molecule has 0 radical (unpaired) electrons. The van der Waals surface area contributed by atoms with Gasteiger partial charge in [-0.25, -0.2) is 0 Å². The highest BCUT2D eigenvalue weighted by atomic mass is 35.5. The lowest BCUT2D eigenvalue weighted by molar-refractivity contribution is -0.115. The van der Waals surface area contributed by atoms with E-state index in [-0.39, 0.29) is 11.2 Å². The molecule has 0 aliphatic carbocycles. The summed E-state index contributed by atoms with van der Waals surface area (Å²) in [7, 11) is 0. The van der Waals surface area contributed by atoms with Crippen LogP contribution in [0, 0.1) is 13.8 Å². The van der Waals surface area contributed by atoms with Crippen LogP contribution in [-0.4, -0.2) is 21.4 Å². The zero-order chi connectivity index (χ0) is 19.4. The summed E-state index contributed by atoms with van der Waals surface area (Å²) in [5.41, 5.74) is 4.15. The number of nitrogens with one attached hydrogen (secondary N) is 2. The van der Waals surface area contributed by atoms with E-state index in [1.807, 2.05) is 13.0 Å². The van der Waals surface area contributed by atoms with Crippen molar-refractivity contribution < 1.29 is 4.79 Å². The van der Waals surface area contributed by atoms with Gasteiger partial charge in [0, 0.05) is 16.4 Å². The van der Waals surface area contributed by atoms with Gasteiger partial charge in [-0.3, -0.25) is 4.79 Å². The first-order valence-electron chi connectivity index (χ1n) is 8.31. The SMILES string of the molecule is Cc1ccc(Nc2nnc(S[C@H](C)C(=O)Nc3ccc(Cl)cc3)s2)cc1C. The summed E-state index contributed by atoms with van der Waals surface area (Å²) in [4.78, 5) is 12.3. The van der Waals surface area contributed by atoms with Crippen molar-refractivity contribution in [2.75, 3.05) is 10.6 Å². The molecule has 140 valence electrons. The molecule has 2 N–H and O–H groups in total. The maximum atomic E-state index is 12.3. The van der Waals surface area contributed by atoms with Crippen LogP contribution < -0.4 is 10.6 Å². The fraction of sp³-hybridized carbons (Fsp3) is 0.211. The van der Waals surface area contributed by atoms with Crippen molar-refractivity contribution in [3.8, 4) is 0 Å². The quantitative estimate of drug-likeness (QED) is 0.504. The Bertz CT molecular complexity index is 943. The fourth-order valence-corrected chi connectivity index (χ4v) is 4.27. The van der Waals surface area contributed by atoms with E-state index < -0.39 is 0 Å². The Hall–Kier alpha value is -2.09. The number of thioether (sulfide) groups is 1. The number of nitrogens with zero attached hydrogens (tertiary/aromatic N) is 2. The van der Waals surface area contributed by atoms with E-state index in [0.29, 0.717) is 15.8 Å². The van der Waals surface area contributed by atoms with Crippen molar-refractivity contribution in [2.24, 2.45) is 0 Å². The fourth-order valence-electron chi connectivity index (χ4n) is 2.23. The molecule has 0 unspecified atom stereocenters. The third-order valence-corrected chi connectivity index (χ3v) is 6.20. The number of carbonyl (C=O) groups excluding carboxylic acids is 1. The summed E-state index contributed by atoms with van der Waals surface area (Å²) in [6.07, 6.45) is 0. The van der Waals surface area contributed by atoms with E-state index in [1.165, 1.54) is 34.2 Å². The van der Waals surface area contributed by atoms with Crippen molar-refractivity contribution in [1.29, 1.82) is 0 Å². The monoisotopic (exact) mass is 418 g/mol. The average molecular weight is 419 g/mol. The van der Waals surface area contributed by atoms with E-state index >= 15 is 0 Å².